The van der Waals surface area contributed by atoms with E-state index < -0.39 is 149 Å². The molecular weight excluding hydrogens is 1320 g/mol. The van der Waals surface area contributed by atoms with Crippen molar-refractivity contribution in [2.75, 3.05) is 50.2 Å². The molecule has 5 fully saturated rings. The van der Waals surface area contributed by atoms with Crippen molar-refractivity contribution in [1.29, 1.82) is 10.5 Å². The number of ether oxygens (including phenoxy) is 6. The number of hydrogen-bond acceptors (Lipinski definition) is 27. The summed E-state index contributed by atoms with van der Waals surface area (Å²) in [7, 11) is -9.18. The van der Waals surface area contributed by atoms with Crippen LogP contribution in [0.3, 0.4) is 0 Å². The number of aliphatic hydroxyl groups is 3. The maximum Gasteiger partial charge on any atom is 0.412 e. The second-order valence-electron chi connectivity index (χ2n) is 23.8. The van der Waals surface area contributed by atoms with Crippen molar-refractivity contribution in [3.8, 4) is 17.9 Å². The second kappa shape index (κ2) is 30.1. The predicted molar refractivity (Wildman–Crippen MR) is 315 cm³/mol. The molecule has 5 aromatic rings. The van der Waals surface area contributed by atoms with E-state index in [4.69, 9.17) is 48.9 Å². The molecule has 7 heterocycles. The summed E-state index contributed by atoms with van der Waals surface area (Å²) in [5, 5.41) is 69.7. The first-order valence-electron chi connectivity index (χ1n) is 29.9. The Labute approximate surface area is 538 Å². The summed E-state index contributed by atoms with van der Waals surface area (Å²) < 4.78 is 160. The fraction of sp³-hybridized carbons (Fsp3) is 0.614. The number of nitro groups is 1. The molecule has 95 heavy (non-hydrogen) atoms. The van der Waals surface area contributed by atoms with Crippen molar-refractivity contribution in [1.82, 2.24) is 29.2 Å². The molecule has 4 aromatic heterocycles. The number of benzene rings is 1. The molecule has 0 radical (unpaired) electrons. The van der Waals surface area contributed by atoms with Crippen LogP contribution in [0.15, 0.2) is 61.2 Å². The minimum Gasteiger partial charge on any atom is -0.462 e. The van der Waals surface area contributed by atoms with Gasteiger partial charge in [-0.3, -0.25) is 33.3 Å². The van der Waals surface area contributed by atoms with Crippen LogP contribution < -0.4 is 16.0 Å². The number of carbonyl (C=O) groups is 2. The van der Waals surface area contributed by atoms with Gasteiger partial charge in [-0.15, -0.1) is 0 Å². The molecule has 0 spiro atoms. The molecule has 0 amide bonds. The Hall–Kier alpha value is -7.18. The number of fused-ring (bicyclic) bond motifs is 3. The summed E-state index contributed by atoms with van der Waals surface area (Å²) in [6.45, 7) is 0.857. The minimum atomic E-state index is -4.89. The number of non-ortho nitro benzene ring substituents is 1. The first-order chi connectivity index (χ1) is 44.7. The Bertz CT molecular complexity index is 3700. The number of rotatable bonds is 21. The lowest BCUT2D eigenvalue weighted by atomic mass is 9.96. The number of nitrogens with two attached hydrogens (primary N) is 2. The summed E-state index contributed by atoms with van der Waals surface area (Å²) in [5.41, 5.74) is 9.33. The highest BCUT2D eigenvalue weighted by Gasteiger charge is 2.64. The standard InChI is InChI=1S/C24H31F3N5O8P.C18H23F3NO7P.C15H17N5O4/c1-14(22(35)39-15-5-3-2-4-6-15)9-41(36,38-12-24(25,26)27)37-11-23(10-28)20(34)18(33)19(40-23)16-7-8-17-21(29)30-13-31-32(16)17;1-13(17(23)28-15-5-3-2-4-6-15)11-30(26,27-12-18(19,20)21)29-16-9-7-14(8-10-16)22(24)25;1-14(2)22-11-10(23-15(5-16,6-21)12(11)24-14)8-3-4-9-13(17)18-7-19-20(8)9/h7-8,13-15,18-20,33-34H,2-6,9,11-12H2,1H3,(H2,29,30,31);7-10,13,15H,2-6,11-12H2,1H3;3-4,7,10-12,21H,6H2,1-2H3,(H2,17,18,19)/t14-,18+,19+,20+,23-,41?;13-,30?;10-,11-,12-,15+/m110/s1. The summed E-state index contributed by atoms with van der Waals surface area (Å²) in [4.78, 5) is 42.8. The van der Waals surface area contributed by atoms with E-state index in [1.165, 1.54) is 36.8 Å². The molecular formula is C57H71F6N11O19P2. The number of nitriles is 2. The third-order valence-corrected chi connectivity index (χ3v) is 20.0. The van der Waals surface area contributed by atoms with Gasteiger partial charge < -0.3 is 64.3 Å². The molecule has 10 rings (SSSR count). The smallest absolute Gasteiger partial charge is 0.412 e. The third kappa shape index (κ3) is 18.1. The van der Waals surface area contributed by atoms with Crippen molar-refractivity contribution in [3.05, 3.63) is 82.7 Å². The van der Waals surface area contributed by atoms with E-state index in [1.54, 1.807) is 36.6 Å². The minimum absolute atomic E-state index is 0.105. The van der Waals surface area contributed by atoms with E-state index >= 15 is 0 Å². The number of nitrogens with zero attached hydrogens (tertiary/aromatic N) is 9. The molecule has 2 aliphatic carbocycles. The molecule has 7 N–H and O–H groups in total. The van der Waals surface area contributed by atoms with Gasteiger partial charge in [-0.2, -0.15) is 47.1 Å². The van der Waals surface area contributed by atoms with Crippen LogP contribution in [0.5, 0.6) is 5.75 Å². The number of aliphatic hydroxyl groups excluding tert-OH is 3. The lowest BCUT2D eigenvalue weighted by Gasteiger charge is -2.28. The molecule has 2 saturated carbocycles. The molecule has 30 nitrogen and oxygen atoms in total. The second-order valence-corrected chi connectivity index (χ2v) is 27.9. The van der Waals surface area contributed by atoms with Gasteiger partial charge in [0.1, 0.15) is 97.0 Å². The summed E-state index contributed by atoms with van der Waals surface area (Å²) in [5.74, 6) is -4.31. The Morgan fingerprint density at radius 2 is 1.18 bits per heavy atom. The van der Waals surface area contributed by atoms with E-state index in [9.17, 15) is 81.0 Å². The monoisotopic (exact) mass is 1390 g/mol. The highest BCUT2D eigenvalue weighted by Crippen LogP contribution is 2.55. The molecule has 1 aromatic carbocycles. The Morgan fingerprint density at radius 3 is 1.64 bits per heavy atom. The van der Waals surface area contributed by atoms with E-state index in [2.05, 4.69) is 29.2 Å². The molecule has 3 saturated heterocycles. The largest absolute Gasteiger partial charge is 0.462 e. The number of anilines is 2. The van der Waals surface area contributed by atoms with Crippen LogP contribution in [0.25, 0.3) is 11.0 Å². The summed E-state index contributed by atoms with van der Waals surface area (Å²) in [6.07, 6.45) is -7.81. The summed E-state index contributed by atoms with van der Waals surface area (Å²) in [6, 6.07) is 14.5. The van der Waals surface area contributed by atoms with Gasteiger partial charge in [0.25, 0.3) is 5.69 Å². The van der Waals surface area contributed by atoms with Crippen LogP contribution in [0.2, 0.25) is 0 Å². The fourth-order valence-corrected chi connectivity index (χ4v) is 14.9. The van der Waals surface area contributed by atoms with E-state index in [-0.39, 0.29) is 35.2 Å². The van der Waals surface area contributed by atoms with Crippen LogP contribution in [0.4, 0.5) is 43.7 Å². The lowest BCUT2D eigenvalue weighted by Crippen LogP contribution is -2.45. The van der Waals surface area contributed by atoms with Crippen LogP contribution in [0.1, 0.15) is 115 Å². The van der Waals surface area contributed by atoms with Gasteiger partial charge in [0.05, 0.1) is 47.1 Å². The summed E-state index contributed by atoms with van der Waals surface area (Å²) >= 11 is 0. The number of hydrogen-bond donors (Lipinski definition) is 5. The molecule has 12 atom stereocenters. The van der Waals surface area contributed by atoms with Gasteiger partial charge in [0.2, 0.25) is 11.2 Å². The van der Waals surface area contributed by atoms with Crippen molar-refractivity contribution < 1.29 is 112 Å². The zero-order valence-corrected chi connectivity index (χ0v) is 53.4. The zero-order chi connectivity index (χ0) is 69.5. The highest BCUT2D eigenvalue weighted by atomic mass is 31.2. The fourth-order valence-electron chi connectivity index (χ4n) is 11.2. The molecule has 520 valence electrons. The lowest BCUT2D eigenvalue weighted by molar-refractivity contribution is -0.384. The SMILES string of the molecule is CC1(C)O[C@H]2[C@H](c3ccc4c(N)ncnn34)O[C@](C#N)(CO)[C@H]2O1.C[C@H](CP(=O)(OCC(F)(F)F)OC[C@@]1(C#N)O[C@@H](c2ccc3c(N)ncnn23)[C@H](O)[C@@H]1O)C(=O)OC1CCCCC1.C[C@H](CP(=O)(OCC(F)(F)F)Oc1ccc([N+](=O)[O-])cc1)C(=O)OC1CCCCC1. The number of nitrogen functional groups attached to an aromatic ring is 2. The normalized spacial score (nSPS) is 26.4. The quantitative estimate of drug-likeness (QED) is 0.0152. The number of alkyl halides is 6. The molecule has 38 heteroatoms. The number of esters is 2. The van der Waals surface area contributed by atoms with Crippen LogP contribution in [-0.2, 0) is 60.7 Å². The number of carbonyl (C=O) groups excluding carboxylic acids is 2. The van der Waals surface area contributed by atoms with Gasteiger partial charge in [0.15, 0.2) is 30.6 Å². The third-order valence-electron chi connectivity index (χ3n) is 16.0. The van der Waals surface area contributed by atoms with E-state index in [1.807, 2.05) is 6.07 Å². The van der Waals surface area contributed by atoms with Gasteiger partial charge >= 0.3 is 39.5 Å². The van der Waals surface area contributed by atoms with Crippen LogP contribution in [-0.4, -0.2) is 166 Å². The van der Waals surface area contributed by atoms with Gasteiger partial charge in [-0.1, -0.05) is 26.7 Å². The Morgan fingerprint density at radius 1 is 0.716 bits per heavy atom. The van der Waals surface area contributed by atoms with Crippen molar-refractivity contribution in [2.45, 2.75) is 170 Å². The maximum atomic E-state index is 13.5. The van der Waals surface area contributed by atoms with Gasteiger partial charge in [-0.25, -0.2) is 23.6 Å². The van der Waals surface area contributed by atoms with E-state index in [0.717, 1.165) is 69.1 Å². The average Bonchev–Trinajstić information content (AvgIpc) is 1.57. The Kier molecular flexibility index (Phi) is 23.3. The molecule has 2 unspecified atom stereocenters. The first kappa shape index (κ1) is 73.6. The van der Waals surface area contributed by atoms with Crippen molar-refractivity contribution in [2.24, 2.45) is 11.8 Å². The molecule has 5 aliphatic rings. The first-order valence-corrected chi connectivity index (χ1v) is 33.4. The molecule has 0 bridgehead atoms. The number of halogens is 6. The zero-order valence-electron chi connectivity index (χ0n) is 51.6. The maximum absolute atomic E-state index is 13.5. The molecule has 3 aliphatic heterocycles. The van der Waals surface area contributed by atoms with Crippen LogP contribution in [0, 0.1) is 44.6 Å². The van der Waals surface area contributed by atoms with E-state index in [0.29, 0.717) is 48.2 Å². The highest BCUT2D eigenvalue weighted by molar-refractivity contribution is 7.54. The van der Waals surface area contributed by atoms with Gasteiger partial charge in [0, 0.05) is 12.1 Å². The average molecular weight is 1390 g/mol. The topological polar surface area (TPSA) is 424 Å². The van der Waals surface area contributed by atoms with Crippen LogP contribution >= 0.6 is 15.2 Å². The Balaban J connectivity index is 0.000000189. The number of nitro benzene ring substituents is 1. The van der Waals surface area contributed by atoms with Crippen molar-refractivity contribution >= 4 is 55.5 Å². The number of aromatic nitrogens is 6. The van der Waals surface area contributed by atoms with Gasteiger partial charge in [-0.05, 0) is 102 Å². The predicted octanol–water partition coefficient (Wildman–Crippen LogP) is 8.08. The van der Waals surface area contributed by atoms with Crippen molar-refractivity contribution in [3.63, 3.8) is 0 Å².